The summed E-state index contributed by atoms with van der Waals surface area (Å²) in [5, 5.41) is 0. The summed E-state index contributed by atoms with van der Waals surface area (Å²) in [6.07, 6.45) is -1.07. The number of nitrogens with zero attached hydrogens (tertiary/aromatic N) is 1. The van der Waals surface area contributed by atoms with E-state index >= 15 is 0 Å². The minimum atomic E-state index is -4.35. The molecule has 0 spiro atoms. The second-order valence-corrected chi connectivity index (χ2v) is 5.60. The van der Waals surface area contributed by atoms with E-state index in [0.717, 1.165) is 25.9 Å². The fourth-order valence-electron chi connectivity index (χ4n) is 2.77. The molecule has 0 N–H and O–H groups in total. The van der Waals surface area contributed by atoms with Crippen LogP contribution in [0.15, 0.2) is 18.2 Å². The van der Waals surface area contributed by atoms with E-state index in [4.69, 9.17) is 11.6 Å². The minimum Gasteiger partial charge on any atom is -0.371 e. The highest BCUT2D eigenvalue weighted by atomic mass is 35.5. The van der Waals surface area contributed by atoms with E-state index in [2.05, 4.69) is 11.8 Å². The molecular weight excluding hydrogens is 287 g/mol. The van der Waals surface area contributed by atoms with Crippen LogP contribution >= 0.6 is 11.6 Å². The summed E-state index contributed by atoms with van der Waals surface area (Å²) in [5.41, 5.74) is 0.194. The Labute approximate surface area is 122 Å². The Morgan fingerprint density at radius 3 is 2.70 bits per heavy atom. The molecule has 1 nitrogen and oxygen atoms in total. The van der Waals surface area contributed by atoms with Gasteiger partial charge in [-0.15, -0.1) is 11.6 Å². The lowest BCUT2D eigenvalue weighted by molar-refractivity contribution is -0.138. The number of benzene rings is 1. The number of piperidine rings is 1. The molecule has 0 saturated carbocycles. The zero-order valence-electron chi connectivity index (χ0n) is 11.5. The molecule has 1 unspecified atom stereocenters. The average molecular weight is 306 g/mol. The molecule has 1 aromatic rings. The van der Waals surface area contributed by atoms with Crippen LogP contribution in [0.5, 0.6) is 0 Å². The molecule has 1 aromatic carbocycles. The van der Waals surface area contributed by atoms with Crippen molar-refractivity contribution in [3.05, 3.63) is 29.3 Å². The predicted octanol–water partition coefficient (Wildman–Crippen LogP) is 5.07. The van der Waals surface area contributed by atoms with E-state index in [1.54, 1.807) is 6.07 Å². The zero-order valence-corrected chi connectivity index (χ0v) is 12.3. The topological polar surface area (TPSA) is 3.24 Å². The Morgan fingerprint density at radius 2 is 2.10 bits per heavy atom. The maximum Gasteiger partial charge on any atom is 0.416 e. The van der Waals surface area contributed by atoms with Crippen LogP contribution in [0, 0.1) is 5.92 Å². The summed E-state index contributed by atoms with van der Waals surface area (Å²) in [7, 11) is 0. The van der Waals surface area contributed by atoms with E-state index in [0.29, 0.717) is 11.6 Å². The van der Waals surface area contributed by atoms with Gasteiger partial charge in [-0.25, -0.2) is 0 Å². The van der Waals surface area contributed by atoms with E-state index < -0.39 is 11.7 Å². The molecule has 0 aliphatic carbocycles. The maximum atomic E-state index is 13.0. The van der Waals surface area contributed by atoms with Gasteiger partial charge in [0, 0.05) is 24.7 Å². The molecule has 112 valence electrons. The van der Waals surface area contributed by atoms with Crippen LogP contribution in [0.2, 0.25) is 0 Å². The van der Waals surface area contributed by atoms with Crippen molar-refractivity contribution in [2.24, 2.45) is 5.92 Å². The van der Waals surface area contributed by atoms with Crippen molar-refractivity contribution in [3.63, 3.8) is 0 Å². The third-order valence-corrected chi connectivity index (χ3v) is 4.29. The smallest absolute Gasteiger partial charge is 0.371 e. The first-order chi connectivity index (χ1) is 9.45. The Bertz CT molecular complexity index is 459. The zero-order chi connectivity index (χ0) is 14.8. The summed E-state index contributed by atoms with van der Waals surface area (Å²) in [4.78, 5) is 2.06. The van der Waals surface area contributed by atoms with Crippen LogP contribution < -0.4 is 4.90 Å². The van der Waals surface area contributed by atoms with Crippen LogP contribution in [0.25, 0.3) is 0 Å². The fourth-order valence-corrected chi connectivity index (χ4v) is 3.01. The van der Waals surface area contributed by atoms with Gasteiger partial charge in [0.15, 0.2) is 0 Å². The molecule has 1 saturated heterocycles. The van der Waals surface area contributed by atoms with Gasteiger partial charge in [0.05, 0.1) is 5.56 Å². The third-order valence-electron chi connectivity index (χ3n) is 4.00. The molecule has 20 heavy (non-hydrogen) atoms. The number of hydrogen-bond donors (Lipinski definition) is 0. The number of alkyl halides is 4. The summed E-state index contributed by atoms with van der Waals surface area (Å²) in [6, 6.07) is 4.50. The molecule has 1 atom stereocenters. The highest BCUT2D eigenvalue weighted by Gasteiger charge is 2.34. The lowest BCUT2D eigenvalue weighted by Gasteiger charge is -2.34. The average Bonchev–Trinajstić information content (AvgIpc) is 2.45. The van der Waals surface area contributed by atoms with E-state index in [1.165, 1.54) is 18.6 Å². The van der Waals surface area contributed by atoms with Gasteiger partial charge < -0.3 is 4.90 Å². The Hall–Kier alpha value is -0.900. The van der Waals surface area contributed by atoms with Gasteiger partial charge in [-0.2, -0.15) is 13.2 Å². The van der Waals surface area contributed by atoms with Gasteiger partial charge in [-0.1, -0.05) is 19.4 Å². The summed E-state index contributed by atoms with van der Waals surface area (Å²) in [6.45, 7) is 3.80. The maximum absolute atomic E-state index is 13.0. The molecule has 0 aromatic heterocycles. The molecule has 1 aliphatic heterocycles. The first kappa shape index (κ1) is 15.5. The highest BCUT2D eigenvalue weighted by molar-refractivity contribution is 6.17. The van der Waals surface area contributed by atoms with Crippen molar-refractivity contribution in [2.45, 2.75) is 38.2 Å². The van der Waals surface area contributed by atoms with Crippen molar-refractivity contribution < 1.29 is 13.2 Å². The predicted molar refractivity (Wildman–Crippen MR) is 76.2 cm³/mol. The molecule has 5 heteroatoms. The third kappa shape index (κ3) is 3.40. The van der Waals surface area contributed by atoms with Gasteiger partial charge in [-0.05, 0) is 36.5 Å². The largest absolute Gasteiger partial charge is 0.416 e. The molecule has 0 bridgehead atoms. The number of rotatable bonds is 3. The van der Waals surface area contributed by atoms with Gasteiger partial charge >= 0.3 is 6.18 Å². The Morgan fingerprint density at radius 1 is 1.35 bits per heavy atom. The number of anilines is 1. The molecule has 1 fully saturated rings. The lowest BCUT2D eigenvalue weighted by Crippen LogP contribution is -2.35. The Kier molecular flexibility index (Phi) is 4.84. The molecular formula is C15H19ClF3N. The van der Waals surface area contributed by atoms with Crippen LogP contribution in [-0.2, 0) is 12.1 Å². The van der Waals surface area contributed by atoms with E-state index in [1.807, 2.05) is 0 Å². The summed E-state index contributed by atoms with van der Waals surface area (Å²) < 4.78 is 39.1. The standard InChI is InChI=1S/C15H19ClF3N/c1-2-11-4-3-7-20(10-11)13-6-5-12(9-16)14(8-13)15(17,18)19/h5-6,8,11H,2-4,7,9-10H2,1H3. The molecule has 0 amide bonds. The first-order valence-electron chi connectivity index (χ1n) is 6.96. The number of halogens is 4. The molecule has 2 rings (SSSR count). The van der Waals surface area contributed by atoms with Crippen molar-refractivity contribution >= 4 is 17.3 Å². The summed E-state index contributed by atoms with van der Waals surface area (Å²) >= 11 is 5.61. The second kappa shape index (κ2) is 6.25. The normalized spacial score (nSPS) is 20.2. The van der Waals surface area contributed by atoms with Gasteiger partial charge in [-0.3, -0.25) is 0 Å². The highest BCUT2D eigenvalue weighted by Crippen LogP contribution is 2.36. The van der Waals surface area contributed by atoms with Crippen LogP contribution in [0.1, 0.15) is 37.3 Å². The second-order valence-electron chi connectivity index (χ2n) is 5.34. The molecule has 1 heterocycles. The molecule has 1 aliphatic rings. The van der Waals surface area contributed by atoms with Gasteiger partial charge in [0.25, 0.3) is 0 Å². The fraction of sp³-hybridized carbons (Fsp3) is 0.600. The van der Waals surface area contributed by atoms with Crippen LogP contribution in [0.3, 0.4) is 0 Å². The van der Waals surface area contributed by atoms with Crippen molar-refractivity contribution in [1.29, 1.82) is 0 Å². The lowest BCUT2D eigenvalue weighted by atomic mass is 9.95. The number of hydrogen-bond acceptors (Lipinski definition) is 1. The molecule has 0 radical (unpaired) electrons. The van der Waals surface area contributed by atoms with E-state index in [-0.39, 0.29) is 11.4 Å². The Balaban J connectivity index is 2.29. The van der Waals surface area contributed by atoms with Crippen molar-refractivity contribution in [1.82, 2.24) is 0 Å². The van der Waals surface area contributed by atoms with Crippen LogP contribution in [0.4, 0.5) is 18.9 Å². The van der Waals surface area contributed by atoms with Gasteiger partial charge in [0.1, 0.15) is 0 Å². The quantitative estimate of drug-likeness (QED) is 0.705. The minimum absolute atomic E-state index is 0.118. The summed E-state index contributed by atoms with van der Waals surface area (Å²) in [5.74, 6) is 0.456. The SMILES string of the molecule is CCC1CCCN(c2ccc(CCl)c(C(F)(F)F)c2)C1. The van der Waals surface area contributed by atoms with Crippen molar-refractivity contribution in [2.75, 3.05) is 18.0 Å². The monoisotopic (exact) mass is 305 g/mol. The van der Waals surface area contributed by atoms with Gasteiger partial charge in [0.2, 0.25) is 0 Å². The van der Waals surface area contributed by atoms with E-state index in [9.17, 15) is 13.2 Å². The van der Waals surface area contributed by atoms with Crippen molar-refractivity contribution in [3.8, 4) is 0 Å². The first-order valence-corrected chi connectivity index (χ1v) is 7.50. The van der Waals surface area contributed by atoms with Crippen LogP contribution in [-0.4, -0.2) is 13.1 Å².